The minimum absolute atomic E-state index is 0.0250. The van der Waals surface area contributed by atoms with Crippen molar-refractivity contribution in [3.8, 4) is 11.5 Å². The van der Waals surface area contributed by atoms with E-state index in [-0.39, 0.29) is 18.7 Å². The molecular formula is C18H22N4O3. The molecule has 0 aliphatic carbocycles. The van der Waals surface area contributed by atoms with Crippen LogP contribution in [0.3, 0.4) is 0 Å². The molecule has 0 saturated carbocycles. The normalized spacial score (nSPS) is 17.2. The summed E-state index contributed by atoms with van der Waals surface area (Å²) in [5, 5.41) is 3.01. The molecule has 1 amide bonds. The third kappa shape index (κ3) is 3.07. The number of aromatic nitrogens is 2. The maximum atomic E-state index is 12.5. The predicted octanol–water partition coefficient (Wildman–Crippen LogP) is 1.21. The van der Waals surface area contributed by atoms with Gasteiger partial charge in [-0.05, 0) is 24.6 Å². The first-order valence-corrected chi connectivity index (χ1v) is 8.51. The number of rotatable bonds is 4. The standard InChI is InChI=1S/C18H22N4O3/c1-12(22-6-5-15-14(9-22)20-10-21(15)2)18(23)19-8-13-3-4-16-17(7-13)25-11-24-16/h3-4,7,10,12H,5-6,8-9,11H2,1-2H3,(H,19,23)/t12-/m0/s1. The number of imidazole rings is 1. The van der Waals surface area contributed by atoms with Gasteiger partial charge in [0.15, 0.2) is 11.5 Å². The SMILES string of the molecule is C[C@@H](C(=O)NCc1ccc2c(c1)OCO2)N1CCc2c(ncn2C)C1. The Morgan fingerprint density at radius 1 is 1.36 bits per heavy atom. The maximum Gasteiger partial charge on any atom is 0.237 e. The van der Waals surface area contributed by atoms with Crippen LogP contribution in [-0.2, 0) is 31.4 Å². The van der Waals surface area contributed by atoms with Crippen LogP contribution in [0.2, 0.25) is 0 Å². The molecule has 7 heteroatoms. The number of nitrogens with one attached hydrogen (secondary N) is 1. The smallest absolute Gasteiger partial charge is 0.237 e. The number of hydrogen-bond donors (Lipinski definition) is 1. The third-order valence-electron chi connectivity index (χ3n) is 4.97. The van der Waals surface area contributed by atoms with Crippen molar-refractivity contribution >= 4 is 5.91 Å². The van der Waals surface area contributed by atoms with Crippen molar-refractivity contribution in [1.82, 2.24) is 19.8 Å². The quantitative estimate of drug-likeness (QED) is 0.905. The maximum absolute atomic E-state index is 12.5. The summed E-state index contributed by atoms with van der Waals surface area (Å²) >= 11 is 0. The Kier molecular flexibility index (Phi) is 4.09. The molecular weight excluding hydrogens is 320 g/mol. The van der Waals surface area contributed by atoms with E-state index in [4.69, 9.17) is 9.47 Å². The van der Waals surface area contributed by atoms with Gasteiger partial charge in [0, 0.05) is 38.8 Å². The van der Waals surface area contributed by atoms with Crippen LogP contribution in [0.5, 0.6) is 11.5 Å². The second-order valence-corrected chi connectivity index (χ2v) is 6.55. The highest BCUT2D eigenvalue weighted by Gasteiger charge is 2.27. The van der Waals surface area contributed by atoms with Gasteiger partial charge >= 0.3 is 0 Å². The first kappa shape index (κ1) is 16.0. The molecule has 0 spiro atoms. The molecule has 1 N–H and O–H groups in total. The monoisotopic (exact) mass is 342 g/mol. The Morgan fingerprint density at radius 2 is 2.20 bits per heavy atom. The Balaban J connectivity index is 1.35. The van der Waals surface area contributed by atoms with Crippen LogP contribution in [0.25, 0.3) is 0 Å². The molecule has 1 aromatic carbocycles. The molecule has 2 aliphatic heterocycles. The second kappa shape index (κ2) is 6.40. The zero-order chi connectivity index (χ0) is 17.4. The Bertz CT molecular complexity index is 802. The highest BCUT2D eigenvalue weighted by Crippen LogP contribution is 2.32. The van der Waals surface area contributed by atoms with Crippen LogP contribution < -0.4 is 14.8 Å². The zero-order valence-corrected chi connectivity index (χ0v) is 14.5. The van der Waals surface area contributed by atoms with Crippen molar-refractivity contribution in [1.29, 1.82) is 0 Å². The zero-order valence-electron chi connectivity index (χ0n) is 14.5. The van der Waals surface area contributed by atoms with Gasteiger partial charge in [-0.3, -0.25) is 9.69 Å². The molecule has 0 radical (unpaired) electrons. The van der Waals surface area contributed by atoms with Crippen molar-refractivity contribution < 1.29 is 14.3 Å². The van der Waals surface area contributed by atoms with E-state index in [0.717, 1.165) is 42.3 Å². The first-order chi connectivity index (χ1) is 12.1. The lowest BCUT2D eigenvalue weighted by molar-refractivity contribution is -0.126. The van der Waals surface area contributed by atoms with Gasteiger partial charge in [0.1, 0.15) is 0 Å². The second-order valence-electron chi connectivity index (χ2n) is 6.55. The molecule has 1 aromatic heterocycles. The van der Waals surface area contributed by atoms with E-state index in [1.54, 1.807) is 0 Å². The van der Waals surface area contributed by atoms with Gasteiger partial charge < -0.3 is 19.4 Å². The fourth-order valence-electron chi connectivity index (χ4n) is 3.36. The highest BCUT2D eigenvalue weighted by atomic mass is 16.7. The van der Waals surface area contributed by atoms with Crippen LogP contribution in [0.1, 0.15) is 23.9 Å². The number of amides is 1. The van der Waals surface area contributed by atoms with E-state index in [9.17, 15) is 4.79 Å². The van der Waals surface area contributed by atoms with E-state index in [0.29, 0.717) is 6.54 Å². The molecule has 132 valence electrons. The van der Waals surface area contributed by atoms with Gasteiger partial charge in [0.25, 0.3) is 0 Å². The highest BCUT2D eigenvalue weighted by molar-refractivity contribution is 5.81. The van der Waals surface area contributed by atoms with Crippen molar-refractivity contribution in [3.05, 3.63) is 41.5 Å². The number of aryl methyl sites for hydroxylation is 1. The van der Waals surface area contributed by atoms with E-state index in [1.165, 1.54) is 5.69 Å². The molecule has 25 heavy (non-hydrogen) atoms. The topological polar surface area (TPSA) is 68.6 Å². The molecule has 2 aliphatic rings. The average Bonchev–Trinajstić information content (AvgIpc) is 3.25. The summed E-state index contributed by atoms with van der Waals surface area (Å²) in [4.78, 5) is 19.1. The van der Waals surface area contributed by atoms with Crippen molar-refractivity contribution in [2.75, 3.05) is 13.3 Å². The number of hydrogen-bond acceptors (Lipinski definition) is 5. The van der Waals surface area contributed by atoms with E-state index >= 15 is 0 Å². The largest absolute Gasteiger partial charge is 0.454 e. The fraction of sp³-hybridized carbons (Fsp3) is 0.444. The molecule has 3 heterocycles. The Morgan fingerprint density at radius 3 is 3.08 bits per heavy atom. The van der Waals surface area contributed by atoms with Gasteiger partial charge in [-0.2, -0.15) is 0 Å². The number of benzene rings is 1. The third-order valence-corrected chi connectivity index (χ3v) is 4.97. The summed E-state index contributed by atoms with van der Waals surface area (Å²) in [5.41, 5.74) is 3.34. The van der Waals surface area contributed by atoms with Crippen molar-refractivity contribution in [2.24, 2.45) is 7.05 Å². The summed E-state index contributed by atoms with van der Waals surface area (Å²) < 4.78 is 12.7. The number of carbonyl (C=O) groups excluding carboxylic acids is 1. The lowest BCUT2D eigenvalue weighted by atomic mass is 10.1. The van der Waals surface area contributed by atoms with E-state index < -0.39 is 0 Å². The molecule has 0 fully saturated rings. The molecule has 0 bridgehead atoms. The number of carbonyl (C=O) groups is 1. The van der Waals surface area contributed by atoms with Crippen LogP contribution in [0.15, 0.2) is 24.5 Å². The molecule has 0 saturated heterocycles. The van der Waals surface area contributed by atoms with Gasteiger partial charge in [0.2, 0.25) is 12.7 Å². The van der Waals surface area contributed by atoms with E-state index in [2.05, 4.69) is 19.8 Å². The number of nitrogens with zero attached hydrogens (tertiary/aromatic N) is 3. The van der Waals surface area contributed by atoms with Crippen LogP contribution >= 0.6 is 0 Å². The summed E-state index contributed by atoms with van der Waals surface area (Å²) in [6.07, 6.45) is 2.77. The number of fused-ring (bicyclic) bond motifs is 2. The molecule has 0 unspecified atom stereocenters. The van der Waals surface area contributed by atoms with Gasteiger partial charge in [-0.15, -0.1) is 0 Å². The summed E-state index contributed by atoms with van der Waals surface area (Å²) in [6.45, 7) is 4.26. The van der Waals surface area contributed by atoms with Gasteiger partial charge in [0.05, 0.1) is 18.1 Å². The van der Waals surface area contributed by atoms with E-state index in [1.807, 2.05) is 38.5 Å². The van der Waals surface area contributed by atoms with Crippen LogP contribution in [0, 0.1) is 0 Å². The Labute approximate surface area is 146 Å². The van der Waals surface area contributed by atoms with Crippen LogP contribution in [-0.4, -0.2) is 39.7 Å². The summed E-state index contributed by atoms with van der Waals surface area (Å²) in [6, 6.07) is 5.54. The fourth-order valence-corrected chi connectivity index (χ4v) is 3.36. The average molecular weight is 342 g/mol. The lowest BCUT2D eigenvalue weighted by Crippen LogP contribution is -2.47. The summed E-state index contributed by atoms with van der Waals surface area (Å²) in [5.74, 6) is 1.51. The van der Waals surface area contributed by atoms with Crippen LogP contribution in [0.4, 0.5) is 0 Å². The molecule has 7 nitrogen and oxygen atoms in total. The lowest BCUT2D eigenvalue weighted by Gasteiger charge is -2.31. The number of ether oxygens (including phenoxy) is 2. The molecule has 4 rings (SSSR count). The minimum Gasteiger partial charge on any atom is -0.454 e. The van der Waals surface area contributed by atoms with Crippen molar-refractivity contribution in [3.63, 3.8) is 0 Å². The molecule has 1 atom stereocenters. The Hall–Kier alpha value is -2.54. The predicted molar refractivity (Wildman–Crippen MR) is 91.2 cm³/mol. The molecule has 2 aromatic rings. The van der Waals surface area contributed by atoms with Gasteiger partial charge in [-0.1, -0.05) is 6.07 Å². The van der Waals surface area contributed by atoms with Gasteiger partial charge in [-0.25, -0.2) is 4.98 Å². The first-order valence-electron chi connectivity index (χ1n) is 8.51. The summed E-state index contributed by atoms with van der Waals surface area (Å²) in [7, 11) is 2.02. The van der Waals surface area contributed by atoms with Crippen molar-refractivity contribution in [2.45, 2.75) is 32.5 Å². The minimum atomic E-state index is -0.191.